The SMILES string of the molecule is CCOC(=O)CCNC(=O)C(c1cc(C)ccc1C)N(C(=O)C(NC(=O)OC(C)(C)C)C(C)C)C(C)(C)C. The highest BCUT2D eigenvalue weighted by molar-refractivity contribution is 5.93. The van der Waals surface area contributed by atoms with Crippen molar-refractivity contribution in [2.75, 3.05) is 13.2 Å². The van der Waals surface area contributed by atoms with E-state index in [1.165, 1.54) is 4.90 Å². The van der Waals surface area contributed by atoms with E-state index >= 15 is 0 Å². The minimum Gasteiger partial charge on any atom is -0.466 e. The van der Waals surface area contributed by atoms with Gasteiger partial charge in [-0.05, 0) is 79.4 Å². The van der Waals surface area contributed by atoms with Gasteiger partial charge in [-0.25, -0.2) is 4.79 Å². The number of carbonyl (C=O) groups excluding carboxylic acids is 4. The van der Waals surface area contributed by atoms with E-state index < -0.39 is 47.1 Å². The van der Waals surface area contributed by atoms with Gasteiger partial charge >= 0.3 is 12.1 Å². The van der Waals surface area contributed by atoms with Crippen LogP contribution >= 0.6 is 0 Å². The minimum atomic E-state index is -1.01. The zero-order valence-electron chi connectivity index (χ0n) is 25.0. The van der Waals surface area contributed by atoms with Crippen molar-refractivity contribution in [1.29, 1.82) is 0 Å². The molecular formula is C29H47N3O6. The summed E-state index contributed by atoms with van der Waals surface area (Å²) in [6.07, 6.45) is -0.697. The second kappa shape index (κ2) is 13.6. The lowest BCUT2D eigenvalue weighted by Crippen LogP contribution is -2.60. The summed E-state index contributed by atoms with van der Waals surface area (Å²) in [6.45, 7) is 20.3. The van der Waals surface area contributed by atoms with Gasteiger partial charge < -0.3 is 25.0 Å². The molecule has 0 aliphatic rings. The summed E-state index contributed by atoms with van der Waals surface area (Å²) >= 11 is 0. The highest BCUT2D eigenvalue weighted by Gasteiger charge is 2.43. The molecule has 1 aromatic rings. The van der Waals surface area contributed by atoms with Gasteiger partial charge in [-0.3, -0.25) is 14.4 Å². The predicted octanol–water partition coefficient (Wildman–Crippen LogP) is 4.59. The van der Waals surface area contributed by atoms with E-state index in [1.807, 2.05) is 66.7 Å². The summed E-state index contributed by atoms with van der Waals surface area (Å²) in [4.78, 5) is 54.0. The van der Waals surface area contributed by atoms with Gasteiger partial charge in [0.25, 0.3) is 0 Å². The van der Waals surface area contributed by atoms with Crippen LogP contribution in [0.1, 0.15) is 91.5 Å². The predicted molar refractivity (Wildman–Crippen MR) is 148 cm³/mol. The molecule has 1 aromatic carbocycles. The van der Waals surface area contributed by atoms with Gasteiger partial charge in [0.05, 0.1) is 13.0 Å². The molecule has 2 N–H and O–H groups in total. The molecule has 0 spiro atoms. The molecule has 9 nitrogen and oxygen atoms in total. The first-order chi connectivity index (χ1) is 17.4. The van der Waals surface area contributed by atoms with Gasteiger partial charge in [0.1, 0.15) is 17.7 Å². The molecule has 38 heavy (non-hydrogen) atoms. The largest absolute Gasteiger partial charge is 0.466 e. The number of hydrogen-bond donors (Lipinski definition) is 2. The number of nitrogens with zero attached hydrogens (tertiary/aromatic N) is 1. The number of nitrogens with one attached hydrogen (secondary N) is 2. The van der Waals surface area contributed by atoms with Crippen molar-refractivity contribution in [3.63, 3.8) is 0 Å². The number of benzene rings is 1. The van der Waals surface area contributed by atoms with Crippen LogP contribution in [-0.2, 0) is 23.9 Å². The fraction of sp³-hybridized carbons (Fsp3) is 0.655. The zero-order chi connectivity index (χ0) is 29.4. The van der Waals surface area contributed by atoms with Crippen molar-refractivity contribution in [1.82, 2.24) is 15.5 Å². The van der Waals surface area contributed by atoms with Crippen molar-refractivity contribution in [2.24, 2.45) is 5.92 Å². The summed E-state index contributed by atoms with van der Waals surface area (Å²) in [5, 5.41) is 5.54. The first-order valence-electron chi connectivity index (χ1n) is 13.2. The molecule has 0 bridgehead atoms. The average molecular weight is 534 g/mol. The maximum Gasteiger partial charge on any atom is 0.408 e. The third kappa shape index (κ3) is 9.99. The lowest BCUT2D eigenvalue weighted by Gasteiger charge is -2.44. The van der Waals surface area contributed by atoms with E-state index in [-0.39, 0.29) is 25.5 Å². The van der Waals surface area contributed by atoms with E-state index in [1.54, 1.807) is 27.7 Å². The van der Waals surface area contributed by atoms with E-state index in [9.17, 15) is 19.2 Å². The minimum absolute atomic E-state index is 0.0113. The number of esters is 1. The van der Waals surface area contributed by atoms with E-state index in [4.69, 9.17) is 9.47 Å². The Kier molecular flexibility index (Phi) is 11.8. The Balaban J connectivity index is 3.54. The lowest BCUT2D eigenvalue weighted by molar-refractivity contribution is -0.149. The smallest absolute Gasteiger partial charge is 0.408 e. The second-order valence-electron chi connectivity index (χ2n) is 11.9. The molecule has 0 aliphatic carbocycles. The molecule has 0 heterocycles. The van der Waals surface area contributed by atoms with Crippen LogP contribution in [0.5, 0.6) is 0 Å². The first-order valence-corrected chi connectivity index (χ1v) is 13.2. The van der Waals surface area contributed by atoms with E-state index in [0.717, 1.165) is 11.1 Å². The van der Waals surface area contributed by atoms with Crippen LogP contribution in [0.25, 0.3) is 0 Å². The highest BCUT2D eigenvalue weighted by atomic mass is 16.6. The Morgan fingerprint density at radius 3 is 2.11 bits per heavy atom. The van der Waals surface area contributed by atoms with Crippen LogP contribution in [0, 0.1) is 19.8 Å². The lowest BCUT2D eigenvalue weighted by atomic mass is 9.90. The van der Waals surface area contributed by atoms with Crippen molar-refractivity contribution < 1.29 is 28.7 Å². The van der Waals surface area contributed by atoms with Crippen molar-refractivity contribution >= 4 is 23.9 Å². The molecule has 2 atom stereocenters. The molecule has 9 heteroatoms. The Hall–Kier alpha value is -3.10. The van der Waals surface area contributed by atoms with Crippen LogP contribution in [0.15, 0.2) is 18.2 Å². The molecule has 214 valence electrons. The number of alkyl carbamates (subject to hydrolysis) is 1. The number of carbonyl (C=O) groups is 4. The maximum absolute atomic E-state index is 14.2. The topological polar surface area (TPSA) is 114 Å². The van der Waals surface area contributed by atoms with E-state index in [0.29, 0.717) is 5.56 Å². The fourth-order valence-corrected chi connectivity index (χ4v) is 4.01. The maximum atomic E-state index is 14.2. The second-order valence-corrected chi connectivity index (χ2v) is 11.9. The first kappa shape index (κ1) is 32.9. The van der Waals surface area contributed by atoms with Gasteiger partial charge in [0.2, 0.25) is 11.8 Å². The van der Waals surface area contributed by atoms with Gasteiger partial charge in [-0.2, -0.15) is 0 Å². The van der Waals surface area contributed by atoms with Gasteiger partial charge in [-0.15, -0.1) is 0 Å². The molecule has 0 saturated heterocycles. The van der Waals surface area contributed by atoms with Crippen molar-refractivity contribution in [3.8, 4) is 0 Å². The standard InChI is InChI=1S/C29H47N3O6/c1-12-37-22(33)15-16-30-25(34)24(21-17-19(4)13-14-20(21)5)32(28(6,7)8)26(35)23(18(2)3)31-27(36)38-29(9,10)11/h13-14,17-18,23-24H,12,15-16H2,1-11H3,(H,30,34)(H,31,36). The van der Waals surface area contributed by atoms with Crippen molar-refractivity contribution in [2.45, 2.75) is 106 Å². The summed E-state index contributed by atoms with van der Waals surface area (Å²) in [5.41, 5.74) is 0.895. The number of ether oxygens (including phenoxy) is 2. The third-order valence-electron chi connectivity index (χ3n) is 5.73. The summed E-state index contributed by atoms with van der Waals surface area (Å²) in [6, 6.07) is 3.80. The molecule has 0 radical (unpaired) electrons. The molecule has 0 aliphatic heterocycles. The Labute approximate surface area is 228 Å². The third-order valence-corrected chi connectivity index (χ3v) is 5.73. The number of rotatable bonds is 10. The van der Waals surface area contributed by atoms with Gasteiger partial charge in [0, 0.05) is 12.1 Å². The van der Waals surface area contributed by atoms with Crippen LogP contribution in [0.2, 0.25) is 0 Å². The fourth-order valence-electron chi connectivity index (χ4n) is 4.01. The van der Waals surface area contributed by atoms with Gasteiger partial charge in [0.15, 0.2) is 0 Å². The quantitative estimate of drug-likeness (QED) is 0.425. The van der Waals surface area contributed by atoms with Crippen LogP contribution < -0.4 is 10.6 Å². The molecule has 2 unspecified atom stereocenters. The normalized spacial score (nSPS) is 13.4. The molecule has 0 fully saturated rings. The van der Waals surface area contributed by atoms with Crippen LogP contribution in [-0.4, -0.2) is 59.1 Å². The molecule has 3 amide bonds. The highest BCUT2D eigenvalue weighted by Crippen LogP contribution is 2.33. The van der Waals surface area contributed by atoms with E-state index in [2.05, 4.69) is 10.6 Å². The molecule has 0 aromatic heterocycles. The number of aryl methyl sites for hydroxylation is 2. The molecule has 1 rings (SSSR count). The van der Waals surface area contributed by atoms with Crippen LogP contribution in [0.3, 0.4) is 0 Å². The van der Waals surface area contributed by atoms with Gasteiger partial charge in [-0.1, -0.05) is 37.6 Å². The average Bonchev–Trinajstić information content (AvgIpc) is 2.75. The number of hydrogen-bond acceptors (Lipinski definition) is 6. The molecule has 0 saturated carbocycles. The summed E-state index contributed by atoms with van der Waals surface area (Å²) in [5.74, 6) is -1.54. The Bertz CT molecular complexity index is 991. The molecular weight excluding hydrogens is 486 g/mol. The Morgan fingerprint density at radius 1 is 1.00 bits per heavy atom. The number of amides is 3. The summed E-state index contributed by atoms with van der Waals surface area (Å²) < 4.78 is 10.4. The Morgan fingerprint density at radius 2 is 1.61 bits per heavy atom. The monoisotopic (exact) mass is 533 g/mol. The van der Waals surface area contributed by atoms with Crippen LogP contribution in [0.4, 0.5) is 4.79 Å². The zero-order valence-corrected chi connectivity index (χ0v) is 25.0. The van der Waals surface area contributed by atoms with Crippen molar-refractivity contribution in [3.05, 3.63) is 34.9 Å². The summed E-state index contributed by atoms with van der Waals surface area (Å²) in [7, 11) is 0.